The highest BCUT2D eigenvalue weighted by atomic mass is 16.2. The van der Waals surface area contributed by atoms with Crippen LogP contribution in [0.15, 0.2) is 72.8 Å². The fraction of sp³-hybridized carbons (Fsp3) is 0.143. The van der Waals surface area contributed by atoms with Crippen molar-refractivity contribution in [3.05, 3.63) is 89.5 Å². The second-order valence-corrected chi connectivity index (χ2v) is 5.59. The van der Waals surface area contributed by atoms with E-state index in [1.54, 1.807) is 36.4 Å². The summed E-state index contributed by atoms with van der Waals surface area (Å²) in [5.41, 5.74) is 3.12. The number of anilines is 1. The second kappa shape index (κ2) is 9.23. The summed E-state index contributed by atoms with van der Waals surface area (Å²) in [5, 5.41) is 5.62. The Morgan fingerprint density at radius 1 is 1.00 bits per heavy atom. The average Bonchev–Trinajstić information content (AvgIpc) is 2.61. The maximum Gasteiger partial charge on any atom is 0.253 e. The van der Waals surface area contributed by atoms with Gasteiger partial charge in [0.1, 0.15) is 0 Å². The van der Waals surface area contributed by atoms with Gasteiger partial charge in [-0.05, 0) is 31.5 Å². The smallest absolute Gasteiger partial charge is 0.253 e. The second-order valence-electron chi connectivity index (χ2n) is 5.59. The van der Waals surface area contributed by atoms with Gasteiger partial charge < -0.3 is 10.6 Å². The molecule has 2 N–H and O–H groups in total. The van der Waals surface area contributed by atoms with Gasteiger partial charge in [-0.2, -0.15) is 0 Å². The third kappa shape index (κ3) is 5.77. The fourth-order valence-corrected chi connectivity index (χ4v) is 2.20. The first-order chi connectivity index (χ1) is 12.1. The highest BCUT2D eigenvalue weighted by molar-refractivity contribution is 6.06. The number of aryl methyl sites for hydroxylation is 1. The molecule has 2 rings (SSSR count). The standard InChI is InChI=1S/C21H22N2O2/c1-3-4-5-10-20(24)23-19-9-7-6-8-18(19)21(25)22-15-17-13-11-16(2)12-14-17/h3-14H,15H2,1-2H3,(H,22,25)(H,23,24)/b4-3+,10-5+. The molecule has 4 heteroatoms. The van der Waals surface area contributed by atoms with Crippen molar-refractivity contribution in [1.82, 2.24) is 5.32 Å². The molecule has 2 aromatic rings. The number of rotatable bonds is 6. The van der Waals surface area contributed by atoms with Crippen molar-refractivity contribution < 1.29 is 9.59 Å². The summed E-state index contributed by atoms with van der Waals surface area (Å²) in [5.74, 6) is -0.509. The quantitative estimate of drug-likeness (QED) is 0.620. The van der Waals surface area contributed by atoms with Crippen LogP contribution in [0.4, 0.5) is 5.69 Å². The van der Waals surface area contributed by atoms with Gasteiger partial charge in [-0.25, -0.2) is 0 Å². The summed E-state index contributed by atoms with van der Waals surface area (Å²) in [7, 11) is 0. The van der Waals surface area contributed by atoms with Crippen LogP contribution in [0.3, 0.4) is 0 Å². The van der Waals surface area contributed by atoms with Crippen molar-refractivity contribution in [3.63, 3.8) is 0 Å². The van der Waals surface area contributed by atoms with E-state index in [-0.39, 0.29) is 11.8 Å². The lowest BCUT2D eigenvalue weighted by Gasteiger charge is -2.10. The van der Waals surface area contributed by atoms with Crippen LogP contribution in [0.25, 0.3) is 0 Å². The van der Waals surface area contributed by atoms with E-state index >= 15 is 0 Å². The van der Waals surface area contributed by atoms with E-state index in [4.69, 9.17) is 0 Å². The van der Waals surface area contributed by atoms with Gasteiger partial charge in [0.25, 0.3) is 5.91 Å². The fourth-order valence-electron chi connectivity index (χ4n) is 2.20. The Morgan fingerprint density at radius 3 is 2.44 bits per heavy atom. The van der Waals surface area contributed by atoms with Crippen LogP contribution < -0.4 is 10.6 Å². The lowest BCUT2D eigenvalue weighted by molar-refractivity contribution is -0.111. The summed E-state index contributed by atoms with van der Waals surface area (Å²) in [6.07, 6.45) is 6.66. The van der Waals surface area contributed by atoms with Crippen molar-refractivity contribution >= 4 is 17.5 Å². The van der Waals surface area contributed by atoms with E-state index in [1.807, 2.05) is 44.2 Å². The van der Waals surface area contributed by atoms with Crippen molar-refractivity contribution in [1.29, 1.82) is 0 Å². The highest BCUT2D eigenvalue weighted by Crippen LogP contribution is 2.15. The molecule has 0 spiro atoms. The summed E-state index contributed by atoms with van der Waals surface area (Å²) >= 11 is 0. The highest BCUT2D eigenvalue weighted by Gasteiger charge is 2.11. The molecule has 128 valence electrons. The number of hydrogen-bond donors (Lipinski definition) is 2. The minimum atomic E-state index is -0.281. The normalized spacial score (nSPS) is 11.0. The number of amides is 2. The molecule has 0 unspecified atom stereocenters. The molecule has 0 bridgehead atoms. The molecular weight excluding hydrogens is 312 g/mol. The molecule has 0 heterocycles. The van der Waals surface area contributed by atoms with Gasteiger partial charge in [0.2, 0.25) is 5.91 Å². The molecule has 0 atom stereocenters. The van der Waals surface area contributed by atoms with Gasteiger partial charge in [-0.1, -0.05) is 60.2 Å². The van der Waals surface area contributed by atoms with Crippen molar-refractivity contribution in [2.24, 2.45) is 0 Å². The molecule has 0 aromatic heterocycles. The molecular formula is C21H22N2O2. The van der Waals surface area contributed by atoms with E-state index < -0.39 is 0 Å². The molecule has 0 fully saturated rings. The monoisotopic (exact) mass is 334 g/mol. The van der Waals surface area contributed by atoms with Crippen LogP contribution in [0.2, 0.25) is 0 Å². The van der Waals surface area contributed by atoms with Crippen molar-refractivity contribution in [2.75, 3.05) is 5.32 Å². The van der Waals surface area contributed by atoms with E-state index in [9.17, 15) is 9.59 Å². The molecule has 0 saturated carbocycles. The zero-order chi connectivity index (χ0) is 18.1. The van der Waals surface area contributed by atoms with E-state index in [0.29, 0.717) is 17.8 Å². The molecule has 0 aliphatic heterocycles. The molecule has 0 saturated heterocycles. The SMILES string of the molecule is C/C=C/C=C/C(=O)Nc1ccccc1C(=O)NCc1ccc(C)cc1. The number of para-hydroxylation sites is 1. The Kier molecular flexibility index (Phi) is 6.72. The molecule has 0 aliphatic rings. The minimum absolute atomic E-state index is 0.228. The van der Waals surface area contributed by atoms with Crippen LogP contribution in [-0.2, 0) is 11.3 Å². The number of carbonyl (C=O) groups excluding carboxylic acids is 2. The van der Waals surface area contributed by atoms with Gasteiger partial charge in [0.15, 0.2) is 0 Å². The molecule has 25 heavy (non-hydrogen) atoms. The lowest BCUT2D eigenvalue weighted by atomic mass is 10.1. The largest absolute Gasteiger partial charge is 0.348 e. The summed E-state index contributed by atoms with van der Waals surface area (Å²) < 4.78 is 0. The molecule has 4 nitrogen and oxygen atoms in total. The molecule has 2 aromatic carbocycles. The summed E-state index contributed by atoms with van der Waals surface area (Å²) in [4.78, 5) is 24.4. The Bertz CT molecular complexity index is 790. The third-order valence-corrected chi connectivity index (χ3v) is 3.55. The van der Waals surface area contributed by atoms with Gasteiger partial charge in [-0.3, -0.25) is 9.59 Å². The molecule has 0 radical (unpaired) electrons. The zero-order valence-corrected chi connectivity index (χ0v) is 14.5. The van der Waals surface area contributed by atoms with Gasteiger partial charge in [0.05, 0.1) is 11.3 Å². The van der Waals surface area contributed by atoms with Crippen LogP contribution in [0.5, 0.6) is 0 Å². The van der Waals surface area contributed by atoms with E-state index in [2.05, 4.69) is 10.6 Å². The topological polar surface area (TPSA) is 58.2 Å². The average molecular weight is 334 g/mol. The van der Waals surface area contributed by atoms with E-state index in [1.165, 1.54) is 11.6 Å². The van der Waals surface area contributed by atoms with Crippen molar-refractivity contribution in [3.8, 4) is 0 Å². The first-order valence-corrected chi connectivity index (χ1v) is 8.13. The number of allylic oxidation sites excluding steroid dienone is 3. The van der Waals surface area contributed by atoms with Gasteiger partial charge in [0, 0.05) is 12.6 Å². The number of carbonyl (C=O) groups is 2. The van der Waals surface area contributed by atoms with Gasteiger partial charge >= 0.3 is 0 Å². The zero-order valence-electron chi connectivity index (χ0n) is 14.5. The van der Waals surface area contributed by atoms with Crippen molar-refractivity contribution in [2.45, 2.75) is 20.4 Å². The molecule has 0 aliphatic carbocycles. The van der Waals surface area contributed by atoms with Crippen LogP contribution in [-0.4, -0.2) is 11.8 Å². The maximum atomic E-state index is 12.5. The minimum Gasteiger partial charge on any atom is -0.348 e. The van der Waals surface area contributed by atoms with Gasteiger partial charge in [-0.15, -0.1) is 0 Å². The predicted octanol–water partition coefficient (Wildman–Crippen LogP) is 4.00. The first kappa shape index (κ1) is 18.2. The Balaban J connectivity index is 2.04. The van der Waals surface area contributed by atoms with Crippen LogP contribution in [0.1, 0.15) is 28.4 Å². The van der Waals surface area contributed by atoms with Crippen LogP contribution in [0, 0.1) is 6.92 Å². The predicted molar refractivity (Wildman–Crippen MR) is 101 cm³/mol. The summed E-state index contributed by atoms with van der Waals surface area (Å²) in [6, 6.07) is 14.9. The Morgan fingerprint density at radius 2 is 1.72 bits per heavy atom. The Labute approximate surface area is 148 Å². The molecule has 2 amide bonds. The number of hydrogen-bond acceptors (Lipinski definition) is 2. The first-order valence-electron chi connectivity index (χ1n) is 8.13. The Hall–Kier alpha value is -3.14. The lowest BCUT2D eigenvalue weighted by Crippen LogP contribution is -2.24. The third-order valence-electron chi connectivity index (χ3n) is 3.55. The van der Waals surface area contributed by atoms with Crippen LogP contribution >= 0.6 is 0 Å². The maximum absolute atomic E-state index is 12.5. The summed E-state index contributed by atoms with van der Waals surface area (Å²) in [6.45, 7) is 4.32. The van der Waals surface area contributed by atoms with E-state index in [0.717, 1.165) is 5.56 Å². The number of benzene rings is 2. The number of nitrogens with one attached hydrogen (secondary N) is 2.